The molecule has 1 fully saturated rings. The average Bonchev–Trinajstić information content (AvgIpc) is 2.24. The monoisotopic (exact) mass is 206 g/mol. The Labute approximate surface area is 92.9 Å². The van der Waals surface area contributed by atoms with Gasteiger partial charge in [-0.15, -0.1) is 0 Å². The molecular formula is C14H22O. The van der Waals surface area contributed by atoms with E-state index in [4.69, 9.17) is 0 Å². The van der Waals surface area contributed by atoms with E-state index >= 15 is 0 Å². The Bertz CT molecular complexity index is 286. The molecule has 0 heterocycles. The predicted octanol–water partition coefficient (Wildman–Crippen LogP) is 3.88. The molecule has 1 unspecified atom stereocenters. The highest BCUT2D eigenvalue weighted by atomic mass is 16.1. The number of hydrogen-bond acceptors (Lipinski definition) is 1. The Morgan fingerprint density at radius 3 is 2.60 bits per heavy atom. The van der Waals surface area contributed by atoms with Crippen LogP contribution in [0.3, 0.4) is 0 Å². The van der Waals surface area contributed by atoms with Gasteiger partial charge in [0.15, 0.2) is 5.78 Å². The molecule has 1 heteroatoms. The van der Waals surface area contributed by atoms with E-state index in [9.17, 15) is 4.79 Å². The molecule has 0 N–H and O–H groups in total. The molecule has 1 nitrogen and oxygen atoms in total. The van der Waals surface area contributed by atoms with Crippen LogP contribution in [0, 0.1) is 11.3 Å². The van der Waals surface area contributed by atoms with Crippen LogP contribution in [0.25, 0.3) is 0 Å². The van der Waals surface area contributed by atoms with Crippen LogP contribution in [0.4, 0.5) is 0 Å². The van der Waals surface area contributed by atoms with E-state index < -0.39 is 0 Å². The fraction of sp³-hybridized carbons (Fsp3) is 0.786. The lowest BCUT2D eigenvalue weighted by molar-refractivity contribution is -0.133. The molecule has 0 radical (unpaired) electrons. The number of allylic oxidation sites excluding steroid dienone is 2. The summed E-state index contributed by atoms with van der Waals surface area (Å²) < 4.78 is 0. The molecular weight excluding hydrogens is 184 g/mol. The molecule has 0 aromatic rings. The lowest BCUT2D eigenvalue weighted by atomic mass is 9.56. The van der Waals surface area contributed by atoms with Gasteiger partial charge in [0.1, 0.15) is 0 Å². The Balaban J connectivity index is 2.11. The van der Waals surface area contributed by atoms with E-state index in [-0.39, 0.29) is 5.41 Å². The molecule has 0 aromatic heterocycles. The van der Waals surface area contributed by atoms with Gasteiger partial charge in [0.05, 0.1) is 0 Å². The van der Waals surface area contributed by atoms with Gasteiger partial charge >= 0.3 is 0 Å². The smallest absolute Gasteiger partial charge is 0.165 e. The third kappa shape index (κ3) is 1.89. The maximum Gasteiger partial charge on any atom is 0.165 e. The van der Waals surface area contributed by atoms with Gasteiger partial charge in [0.25, 0.3) is 0 Å². The second-order valence-electron chi connectivity index (χ2n) is 5.61. The number of carbonyl (C=O) groups is 1. The van der Waals surface area contributed by atoms with E-state index in [2.05, 4.69) is 19.9 Å². The summed E-state index contributed by atoms with van der Waals surface area (Å²) in [5.74, 6) is 0.969. The number of rotatable bonds is 0. The summed E-state index contributed by atoms with van der Waals surface area (Å²) in [6.45, 7) is 4.23. The minimum atomic E-state index is -0.0645. The first-order chi connectivity index (χ1) is 7.14. The average molecular weight is 206 g/mol. The fourth-order valence-corrected chi connectivity index (χ4v) is 3.03. The van der Waals surface area contributed by atoms with Gasteiger partial charge in [-0.2, -0.15) is 0 Å². The molecule has 1 atom stereocenters. The van der Waals surface area contributed by atoms with Gasteiger partial charge in [0.2, 0.25) is 0 Å². The van der Waals surface area contributed by atoms with E-state index in [0.29, 0.717) is 11.7 Å². The van der Waals surface area contributed by atoms with Gasteiger partial charge in [0, 0.05) is 5.41 Å². The standard InChI is InChI=1S/C14H22O/c1-14(2)12-10-8-6-4-3-5-7-9-11(12)13(14)15/h9,12H,3-8,10H2,1-2H3/b11-9+. The van der Waals surface area contributed by atoms with Crippen molar-refractivity contribution >= 4 is 5.78 Å². The topological polar surface area (TPSA) is 17.1 Å². The molecule has 0 aliphatic heterocycles. The second-order valence-corrected chi connectivity index (χ2v) is 5.61. The van der Waals surface area contributed by atoms with E-state index in [1.165, 1.54) is 38.5 Å². The normalized spacial score (nSPS) is 34.7. The highest BCUT2D eigenvalue weighted by molar-refractivity contribution is 6.07. The Kier molecular flexibility index (Phi) is 2.99. The summed E-state index contributed by atoms with van der Waals surface area (Å²) in [7, 11) is 0. The summed E-state index contributed by atoms with van der Waals surface area (Å²) >= 11 is 0. The summed E-state index contributed by atoms with van der Waals surface area (Å²) in [5.41, 5.74) is 1.09. The maximum absolute atomic E-state index is 11.9. The van der Waals surface area contributed by atoms with Crippen molar-refractivity contribution in [2.45, 2.75) is 58.8 Å². The first-order valence-corrected chi connectivity index (χ1v) is 6.39. The van der Waals surface area contributed by atoms with E-state index in [1.54, 1.807) is 0 Å². The van der Waals surface area contributed by atoms with E-state index in [0.717, 1.165) is 12.0 Å². The number of carbonyl (C=O) groups excluding carboxylic acids is 1. The van der Waals surface area contributed by atoms with Crippen molar-refractivity contribution in [1.82, 2.24) is 0 Å². The van der Waals surface area contributed by atoms with Gasteiger partial charge in [-0.1, -0.05) is 45.6 Å². The fourth-order valence-electron chi connectivity index (χ4n) is 3.03. The largest absolute Gasteiger partial charge is 0.294 e. The zero-order valence-electron chi connectivity index (χ0n) is 10.0. The van der Waals surface area contributed by atoms with Crippen LogP contribution in [0.2, 0.25) is 0 Å². The molecule has 2 aliphatic rings. The molecule has 0 saturated heterocycles. The van der Waals surface area contributed by atoms with Crippen molar-refractivity contribution < 1.29 is 4.79 Å². The van der Waals surface area contributed by atoms with Crippen LogP contribution in [0.15, 0.2) is 11.6 Å². The lowest BCUT2D eigenvalue weighted by Gasteiger charge is -2.45. The first-order valence-electron chi connectivity index (χ1n) is 6.39. The minimum Gasteiger partial charge on any atom is -0.294 e. The Morgan fingerprint density at radius 1 is 1.13 bits per heavy atom. The van der Waals surface area contributed by atoms with Crippen LogP contribution < -0.4 is 0 Å². The number of ketones is 1. The first kappa shape index (κ1) is 10.9. The molecule has 15 heavy (non-hydrogen) atoms. The van der Waals surface area contributed by atoms with Crippen molar-refractivity contribution in [3.8, 4) is 0 Å². The molecule has 2 rings (SSSR count). The number of hydrogen-bond donors (Lipinski definition) is 0. The molecule has 84 valence electrons. The molecule has 0 bridgehead atoms. The summed E-state index contributed by atoms with van der Waals surface area (Å²) in [6, 6.07) is 0. The van der Waals surface area contributed by atoms with Crippen LogP contribution in [0.5, 0.6) is 0 Å². The third-order valence-electron chi connectivity index (χ3n) is 4.16. The van der Waals surface area contributed by atoms with Crippen LogP contribution in [-0.2, 0) is 4.79 Å². The quantitative estimate of drug-likeness (QED) is 0.588. The highest BCUT2D eigenvalue weighted by Gasteiger charge is 2.50. The highest BCUT2D eigenvalue weighted by Crippen LogP contribution is 2.49. The minimum absolute atomic E-state index is 0.0645. The zero-order chi connectivity index (χ0) is 10.9. The number of fused-ring (bicyclic) bond motifs is 1. The zero-order valence-corrected chi connectivity index (χ0v) is 10.0. The van der Waals surface area contributed by atoms with Crippen molar-refractivity contribution in [2.24, 2.45) is 11.3 Å². The third-order valence-corrected chi connectivity index (χ3v) is 4.16. The summed E-state index contributed by atoms with van der Waals surface area (Å²) in [6.07, 6.45) is 11.2. The molecule has 2 aliphatic carbocycles. The molecule has 1 saturated carbocycles. The molecule has 0 spiro atoms. The molecule has 0 aromatic carbocycles. The van der Waals surface area contributed by atoms with Gasteiger partial charge in [-0.25, -0.2) is 0 Å². The van der Waals surface area contributed by atoms with Crippen molar-refractivity contribution in [2.75, 3.05) is 0 Å². The van der Waals surface area contributed by atoms with Crippen molar-refractivity contribution in [1.29, 1.82) is 0 Å². The van der Waals surface area contributed by atoms with Crippen molar-refractivity contribution in [3.05, 3.63) is 11.6 Å². The molecule has 0 amide bonds. The SMILES string of the molecule is CC1(C)C(=O)/C2=C/CCCCCCCC21. The van der Waals surface area contributed by atoms with Crippen LogP contribution >= 0.6 is 0 Å². The van der Waals surface area contributed by atoms with Gasteiger partial charge in [-0.3, -0.25) is 4.79 Å². The van der Waals surface area contributed by atoms with E-state index in [1.807, 2.05) is 0 Å². The lowest BCUT2D eigenvalue weighted by Crippen LogP contribution is -2.48. The van der Waals surface area contributed by atoms with Crippen LogP contribution in [-0.4, -0.2) is 5.78 Å². The summed E-state index contributed by atoms with van der Waals surface area (Å²) in [5, 5.41) is 0. The second kappa shape index (κ2) is 4.11. The van der Waals surface area contributed by atoms with Crippen LogP contribution in [0.1, 0.15) is 58.8 Å². The van der Waals surface area contributed by atoms with Crippen molar-refractivity contribution in [3.63, 3.8) is 0 Å². The Hall–Kier alpha value is -0.590. The predicted molar refractivity (Wildman–Crippen MR) is 62.7 cm³/mol. The van der Waals surface area contributed by atoms with Gasteiger partial charge in [-0.05, 0) is 30.8 Å². The summed E-state index contributed by atoms with van der Waals surface area (Å²) in [4.78, 5) is 11.9. The number of Topliss-reactive ketones (excluding diaryl/α,β-unsaturated/α-hetero) is 1. The maximum atomic E-state index is 11.9. The Morgan fingerprint density at radius 2 is 1.80 bits per heavy atom. The van der Waals surface area contributed by atoms with Gasteiger partial charge < -0.3 is 0 Å².